The fourth-order valence-corrected chi connectivity index (χ4v) is 2.58. The summed E-state index contributed by atoms with van der Waals surface area (Å²) in [6.45, 7) is 4.97. The van der Waals surface area contributed by atoms with E-state index in [4.69, 9.17) is 15.4 Å². The highest BCUT2D eigenvalue weighted by Crippen LogP contribution is 2.23. The molecule has 7 heteroatoms. The van der Waals surface area contributed by atoms with E-state index >= 15 is 0 Å². The molecule has 1 aromatic rings. The van der Waals surface area contributed by atoms with Crippen molar-refractivity contribution in [2.24, 2.45) is 0 Å². The Kier molecular flexibility index (Phi) is 5.53. The van der Waals surface area contributed by atoms with Gasteiger partial charge in [-0.3, -0.25) is 0 Å². The fraction of sp³-hybridized carbons (Fsp3) is 0.462. The van der Waals surface area contributed by atoms with Gasteiger partial charge in [0.05, 0.1) is 16.6 Å². The Hall–Kier alpha value is -1.14. The SMILES string of the molecule is CCCC(C)OC(=O)c1cc(S(=O)(=O)Cl)cc(C)c1F. The first-order valence-electron chi connectivity index (χ1n) is 6.12. The second-order valence-corrected chi connectivity index (χ2v) is 7.11. The molecule has 1 atom stereocenters. The van der Waals surface area contributed by atoms with Crippen LogP contribution in [0.15, 0.2) is 17.0 Å². The summed E-state index contributed by atoms with van der Waals surface area (Å²) in [6, 6.07) is 1.97. The van der Waals surface area contributed by atoms with E-state index in [9.17, 15) is 17.6 Å². The zero-order chi connectivity index (χ0) is 15.5. The van der Waals surface area contributed by atoms with E-state index in [2.05, 4.69) is 0 Å². The van der Waals surface area contributed by atoms with E-state index in [-0.39, 0.29) is 16.6 Å². The van der Waals surface area contributed by atoms with Gasteiger partial charge in [-0.15, -0.1) is 0 Å². The molecule has 0 heterocycles. The average Bonchev–Trinajstić information content (AvgIpc) is 2.31. The maximum Gasteiger partial charge on any atom is 0.341 e. The lowest BCUT2D eigenvalue weighted by molar-refractivity contribution is 0.0317. The Balaban J connectivity index is 3.17. The molecule has 0 N–H and O–H groups in total. The lowest BCUT2D eigenvalue weighted by atomic mass is 10.1. The van der Waals surface area contributed by atoms with E-state index in [1.807, 2.05) is 6.92 Å². The largest absolute Gasteiger partial charge is 0.459 e. The molecule has 0 amide bonds. The average molecular weight is 323 g/mol. The first-order chi connectivity index (χ1) is 9.16. The summed E-state index contributed by atoms with van der Waals surface area (Å²) in [5, 5.41) is 0. The van der Waals surface area contributed by atoms with Gasteiger partial charge in [0.1, 0.15) is 5.82 Å². The Morgan fingerprint density at radius 2 is 2.05 bits per heavy atom. The van der Waals surface area contributed by atoms with Crippen molar-refractivity contribution in [1.29, 1.82) is 0 Å². The predicted octanol–water partition coefficient (Wildman–Crippen LogP) is 3.41. The number of aryl methyl sites for hydroxylation is 1. The molecule has 0 spiro atoms. The monoisotopic (exact) mass is 322 g/mol. The molecule has 0 aliphatic rings. The third-order valence-electron chi connectivity index (χ3n) is 2.73. The molecular formula is C13H16ClFO4S. The van der Waals surface area contributed by atoms with Crippen LogP contribution in [0.5, 0.6) is 0 Å². The van der Waals surface area contributed by atoms with E-state index in [0.717, 1.165) is 18.6 Å². The van der Waals surface area contributed by atoms with Crippen LogP contribution in [0.2, 0.25) is 0 Å². The van der Waals surface area contributed by atoms with Gasteiger partial charge >= 0.3 is 5.97 Å². The Morgan fingerprint density at radius 3 is 2.55 bits per heavy atom. The van der Waals surface area contributed by atoms with Gasteiger partial charge in [0.15, 0.2) is 0 Å². The second-order valence-electron chi connectivity index (χ2n) is 4.54. The Bertz CT molecular complexity index is 613. The van der Waals surface area contributed by atoms with Crippen LogP contribution in [0.25, 0.3) is 0 Å². The second kappa shape index (κ2) is 6.54. The smallest absolute Gasteiger partial charge is 0.341 e. The zero-order valence-electron chi connectivity index (χ0n) is 11.4. The molecule has 4 nitrogen and oxygen atoms in total. The molecule has 0 aliphatic heterocycles. The van der Waals surface area contributed by atoms with Gasteiger partial charge in [-0.2, -0.15) is 0 Å². The number of carbonyl (C=O) groups is 1. The van der Waals surface area contributed by atoms with Crippen molar-refractivity contribution in [2.45, 2.75) is 44.6 Å². The highest BCUT2D eigenvalue weighted by atomic mass is 35.7. The van der Waals surface area contributed by atoms with E-state index in [0.29, 0.717) is 6.42 Å². The first-order valence-corrected chi connectivity index (χ1v) is 8.43. The van der Waals surface area contributed by atoms with E-state index in [1.165, 1.54) is 6.92 Å². The number of carbonyl (C=O) groups excluding carboxylic acids is 1. The highest BCUT2D eigenvalue weighted by Gasteiger charge is 2.22. The lowest BCUT2D eigenvalue weighted by Crippen LogP contribution is -2.17. The maximum atomic E-state index is 13.9. The third-order valence-corrected chi connectivity index (χ3v) is 4.07. The Morgan fingerprint density at radius 1 is 1.45 bits per heavy atom. The molecule has 0 fully saturated rings. The van der Waals surface area contributed by atoms with Crippen LogP contribution >= 0.6 is 10.7 Å². The van der Waals surface area contributed by atoms with Crippen molar-refractivity contribution in [2.75, 3.05) is 0 Å². The zero-order valence-corrected chi connectivity index (χ0v) is 13.0. The fourth-order valence-electron chi connectivity index (χ4n) is 1.74. The summed E-state index contributed by atoms with van der Waals surface area (Å²) in [7, 11) is 1.17. The summed E-state index contributed by atoms with van der Waals surface area (Å²) < 4.78 is 41.6. The summed E-state index contributed by atoms with van der Waals surface area (Å²) >= 11 is 0. The molecular weight excluding hydrogens is 307 g/mol. The van der Waals surface area contributed by atoms with Crippen LogP contribution in [0, 0.1) is 12.7 Å². The molecule has 0 saturated carbocycles. The predicted molar refractivity (Wildman–Crippen MR) is 74.0 cm³/mol. The quantitative estimate of drug-likeness (QED) is 0.615. The maximum absolute atomic E-state index is 13.9. The van der Waals surface area contributed by atoms with E-state index in [1.54, 1.807) is 6.92 Å². The van der Waals surface area contributed by atoms with Gasteiger partial charge < -0.3 is 4.74 Å². The minimum absolute atomic E-state index is 0.0156. The molecule has 0 radical (unpaired) electrons. The van der Waals surface area contributed by atoms with Crippen LogP contribution < -0.4 is 0 Å². The summed E-state index contributed by atoms with van der Waals surface area (Å²) in [6.07, 6.45) is 1.08. The summed E-state index contributed by atoms with van der Waals surface area (Å²) in [5.74, 6) is -1.70. The number of halogens is 2. The standard InChI is InChI=1S/C13H16ClFO4S/c1-4-5-9(3)19-13(16)11-7-10(20(14,17)18)6-8(2)12(11)15/h6-7,9H,4-5H2,1-3H3. The van der Waals surface area contributed by atoms with Crippen LogP contribution in [-0.4, -0.2) is 20.5 Å². The molecule has 0 aromatic heterocycles. The molecule has 20 heavy (non-hydrogen) atoms. The Labute approximate surface area is 122 Å². The van der Waals surface area contributed by atoms with Crippen molar-refractivity contribution in [3.05, 3.63) is 29.1 Å². The number of rotatable bonds is 5. The minimum Gasteiger partial charge on any atom is -0.459 e. The van der Waals surface area contributed by atoms with Crippen LogP contribution in [0.4, 0.5) is 4.39 Å². The van der Waals surface area contributed by atoms with Gasteiger partial charge in [-0.25, -0.2) is 17.6 Å². The highest BCUT2D eigenvalue weighted by molar-refractivity contribution is 8.13. The number of hydrogen-bond donors (Lipinski definition) is 0. The molecule has 112 valence electrons. The first kappa shape index (κ1) is 16.9. The number of esters is 1. The summed E-state index contributed by atoms with van der Waals surface area (Å²) in [5.41, 5.74) is -0.408. The summed E-state index contributed by atoms with van der Waals surface area (Å²) in [4.78, 5) is 11.6. The van der Waals surface area contributed by atoms with Crippen LogP contribution in [0.3, 0.4) is 0 Å². The van der Waals surface area contributed by atoms with Crippen molar-refractivity contribution in [1.82, 2.24) is 0 Å². The topological polar surface area (TPSA) is 60.4 Å². The number of benzene rings is 1. The van der Waals surface area contributed by atoms with Crippen LogP contribution in [0.1, 0.15) is 42.6 Å². The molecule has 0 saturated heterocycles. The molecule has 0 aliphatic carbocycles. The molecule has 0 bridgehead atoms. The van der Waals surface area contributed by atoms with Gasteiger partial charge in [0, 0.05) is 10.7 Å². The minimum atomic E-state index is -4.04. The number of hydrogen-bond acceptors (Lipinski definition) is 4. The van der Waals surface area contributed by atoms with Crippen molar-refractivity contribution < 1.29 is 22.3 Å². The van der Waals surface area contributed by atoms with Gasteiger partial charge in [-0.05, 0) is 38.0 Å². The van der Waals surface area contributed by atoms with Crippen LogP contribution in [-0.2, 0) is 13.8 Å². The van der Waals surface area contributed by atoms with Gasteiger partial charge in [0.25, 0.3) is 9.05 Å². The normalized spacial score (nSPS) is 13.1. The van der Waals surface area contributed by atoms with Gasteiger partial charge in [0.2, 0.25) is 0 Å². The van der Waals surface area contributed by atoms with E-state index < -0.39 is 26.4 Å². The van der Waals surface area contributed by atoms with Crippen molar-refractivity contribution in [3.63, 3.8) is 0 Å². The van der Waals surface area contributed by atoms with Gasteiger partial charge in [-0.1, -0.05) is 13.3 Å². The molecule has 1 unspecified atom stereocenters. The molecule has 1 rings (SSSR count). The van der Waals surface area contributed by atoms with Crippen molar-refractivity contribution in [3.8, 4) is 0 Å². The van der Waals surface area contributed by atoms with Crippen molar-refractivity contribution >= 4 is 25.7 Å². The molecule has 1 aromatic carbocycles. The third kappa shape index (κ3) is 4.18. The lowest BCUT2D eigenvalue weighted by Gasteiger charge is -2.13. The number of ether oxygens (including phenoxy) is 1.